The molecule has 3 rings (SSSR count). The van der Waals surface area contributed by atoms with Crippen LogP contribution in [0.25, 0.3) is 11.4 Å². The molecule has 7 nitrogen and oxygen atoms in total. The molecule has 1 saturated heterocycles. The molecule has 96 valence electrons. The lowest BCUT2D eigenvalue weighted by molar-refractivity contribution is 0.398. The summed E-state index contributed by atoms with van der Waals surface area (Å²) in [7, 11) is 0. The van der Waals surface area contributed by atoms with Crippen molar-refractivity contribution in [1.29, 1.82) is 0 Å². The van der Waals surface area contributed by atoms with Gasteiger partial charge in [0, 0.05) is 25.7 Å². The van der Waals surface area contributed by atoms with Gasteiger partial charge in [0.05, 0.1) is 11.8 Å². The van der Waals surface area contributed by atoms with Crippen LogP contribution in [0.5, 0.6) is 0 Å². The number of aromatic nitrogens is 4. The van der Waals surface area contributed by atoms with E-state index in [9.17, 15) is 0 Å². The predicted octanol–water partition coefficient (Wildman–Crippen LogP) is 0.566. The Labute approximate surface area is 105 Å². The minimum Gasteiger partial charge on any atom is -0.361 e. The first-order valence-electron chi connectivity index (χ1n) is 6.06. The molecule has 0 aliphatic carbocycles. The van der Waals surface area contributed by atoms with E-state index < -0.39 is 0 Å². The van der Waals surface area contributed by atoms with Gasteiger partial charge in [-0.3, -0.25) is 5.10 Å². The molecule has 18 heavy (non-hydrogen) atoms. The lowest BCUT2D eigenvalue weighted by Crippen LogP contribution is -2.49. The van der Waals surface area contributed by atoms with Crippen molar-refractivity contribution in [3.63, 3.8) is 0 Å². The fourth-order valence-corrected chi connectivity index (χ4v) is 2.15. The summed E-state index contributed by atoms with van der Waals surface area (Å²) < 4.78 is 5.03. The van der Waals surface area contributed by atoms with Gasteiger partial charge in [-0.25, -0.2) is 0 Å². The third-order valence-electron chi connectivity index (χ3n) is 3.13. The van der Waals surface area contributed by atoms with Crippen LogP contribution in [0.3, 0.4) is 0 Å². The molecule has 0 radical (unpaired) electrons. The van der Waals surface area contributed by atoms with Crippen LogP contribution in [0.2, 0.25) is 0 Å². The molecule has 3 heterocycles. The zero-order valence-corrected chi connectivity index (χ0v) is 10.5. The first-order chi connectivity index (χ1) is 8.74. The molecule has 1 atom stereocenters. The van der Waals surface area contributed by atoms with Gasteiger partial charge in [-0.2, -0.15) is 4.98 Å². The second kappa shape index (κ2) is 4.41. The van der Waals surface area contributed by atoms with E-state index in [1.54, 1.807) is 6.20 Å². The van der Waals surface area contributed by atoms with E-state index in [0.717, 1.165) is 36.9 Å². The van der Waals surface area contributed by atoms with E-state index in [4.69, 9.17) is 4.52 Å². The molecule has 0 aromatic carbocycles. The summed E-state index contributed by atoms with van der Waals surface area (Å²) in [4.78, 5) is 6.67. The zero-order chi connectivity index (χ0) is 12.5. The van der Waals surface area contributed by atoms with Crippen molar-refractivity contribution in [1.82, 2.24) is 25.7 Å². The van der Waals surface area contributed by atoms with Crippen LogP contribution in [0.4, 0.5) is 5.95 Å². The van der Waals surface area contributed by atoms with Gasteiger partial charge < -0.3 is 14.7 Å². The Bertz CT molecular complexity index is 533. The summed E-state index contributed by atoms with van der Waals surface area (Å²) in [5.74, 6) is 2.18. The summed E-state index contributed by atoms with van der Waals surface area (Å²) in [6, 6.07) is 0.457. The average Bonchev–Trinajstić information content (AvgIpc) is 2.97. The molecule has 0 spiro atoms. The Hall–Kier alpha value is -1.89. The van der Waals surface area contributed by atoms with Gasteiger partial charge in [0.1, 0.15) is 5.76 Å². The van der Waals surface area contributed by atoms with Crippen molar-refractivity contribution in [2.75, 3.05) is 24.5 Å². The maximum atomic E-state index is 5.03. The molecular weight excluding hydrogens is 232 g/mol. The Morgan fingerprint density at radius 1 is 1.50 bits per heavy atom. The first-order valence-corrected chi connectivity index (χ1v) is 6.06. The van der Waals surface area contributed by atoms with Crippen LogP contribution in [0, 0.1) is 6.92 Å². The molecule has 0 saturated carbocycles. The van der Waals surface area contributed by atoms with Gasteiger partial charge in [-0.15, -0.1) is 5.10 Å². The number of hydrogen-bond donors (Lipinski definition) is 2. The van der Waals surface area contributed by atoms with Gasteiger partial charge in [-0.1, -0.05) is 5.16 Å². The zero-order valence-electron chi connectivity index (χ0n) is 10.5. The molecule has 2 N–H and O–H groups in total. The SMILES string of the molecule is Cc1oncc1-c1nc(N2CCNC(C)C2)n[nH]1. The summed E-state index contributed by atoms with van der Waals surface area (Å²) >= 11 is 0. The van der Waals surface area contributed by atoms with E-state index in [-0.39, 0.29) is 0 Å². The number of nitrogens with one attached hydrogen (secondary N) is 2. The van der Waals surface area contributed by atoms with Crippen molar-refractivity contribution in [3.8, 4) is 11.4 Å². The number of aromatic amines is 1. The van der Waals surface area contributed by atoms with Gasteiger partial charge in [0.2, 0.25) is 5.95 Å². The van der Waals surface area contributed by atoms with Crippen LogP contribution in [-0.4, -0.2) is 46.0 Å². The Morgan fingerprint density at radius 2 is 2.39 bits per heavy atom. The van der Waals surface area contributed by atoms with Gasteiger partial charge >= 0.3 is 0 Å². The summed E-state index contributed by atoms with van der Waals surface area (Å²) in [5.41, 5.74) is 0.858. The van der Waals surface area contributed by atoms with Gasteiger partial charge in [0.25, 0.3) is 0 Å². The fourth-order valence-electron chi connectivity index (χ4n) is 2.15. The highest BCUT2D eigenvalue weighted by atomic mass is 16.5. The minimum absolute atomic E-state index is 0.457. The van der Waals surface area contributed by atoms with Crippen molar-refractivity contribution in [3.05, 3.63) is 12.0 Å². The normalized spacial score (nSPS) is 20.3. The van der Waals surface area contributed by atoms with E-state index >= 15 is 0 Å². The van der Waals surface area contributed by atoms with Gasteiger partial charge in [0.15, 0.2) is 5.82 Å². The van der Waals surface area contributed by atoms with Crippen LogP contribution >= 0.6 is 0 Å². The van der Waals surface area contributed by atoms with Gasteiger partial charge in [-0.05, 0) is 13.8 Å². The monoisotopic (exact) mass is 248 g/mol. The molecule has 1 aliphatic heterocycles. The average molecular weight is 248 g/mol. The second-order valence-corrected chi connectivity index (χ2v) is 4.58. The summed E-state index contributed by atoms with van der Waals surface area (Å²) in [6.45, 7) is 6.81. The lowest BCUT2D eigenvalue weighted by Gasteiger charge is -2.30. The molecule has 0 bridgehead atoms. The third kappa shape index (κ3) is 1.97. The van der Waals surface area contributed by atoms with Crippen LogP contribution in [0.15, 0.2) is 10.7 Å². The molecule has 2 aromatic rings. The highest BCUT2D eigenvalue weighted by Crippen LogP contribution is 2.21. The number of H-pyrrole nitrogens is 1. The van der Waals surface area contributed by atoms with Crippen LogP contribution in [-0.2, 0) is 0 Å². The van der Waals surface area contributed by atoms with E-state index in [1.165, 1.54) is 0 Å². The number of nitrogens with zero attached hydrogens (tertiary/aromatic N) is 4. The third-order valence-corrected chi connectivity index (χ3v) is 3.13. The topological polar surface area (TPSA) is 82.9 Å². The van der Waals surface area contributed by atoms with Crippen LogP contribution in [0.1, 0.15) is 12.7 Å². The van der Waals surface area contributed by atoms with Crippen molar-refractivity contribution >= 4 is 5.95 Å². The molecule has 1 aliphatic rings. The van der Waals surface area contributed by atoms with Crippen LogP contribution < -0.4 is 10.2 Å². The standard InChI is InChI=1S/C11H16N6O/c1-7-6-17(4-3-12-7)11-14-10(15-16-11)9-5-13-18-8(9)2/h5,7,12H,3-4,6H2,1-2H3,(H,14,15,16). The quantitative estimate of drug-likeness (QED) is 0.808. The number of rotatable bonds is 2. The Kier molecular flexibility index (Phi) is 2.75. The minimum atomic E-state index is 0.457. The molecule has 0 amide bonds. The Balaban J connectivity index is 1.83. The van der Waals surface area contributed by atoms with Crippen molar-refractivity contribution in [2.24, 2.45) is 0 Å². The largest absolute Gasteiger partial charge is 0.361 e. The number of hydrogen-bond acceptors (Lipinski definition) is 6. The molecule has 1 fully saturated rings. The fraction of sp³-hybridized carbons (Fsp3) is 0.545. The lowest BCUT2D eigenvalue weighted by atomic mass is 10.2. The summed E-state index contributed by atoms with van der Waals surface area (Å²) in [5, 5.41) is 14.3. The Morgan fingerprint density at radius 3 is 3.11 bits per heavy atom. The second-order valence-electron chi connectivity index (χ2n) is 4.58. The maximum absolute atomic E-state index is 5.03. The van der Waals surface area contributed by atoms with E-state index in [2.05, 4.69) is 37.5 Å². The first kappa shape index (κ1) is 11.2. The number of aryl methyl sites for hydroxylation is 1. The molecule has 7 heteroatoms. The van der Waals surface area contributed by atoms with E-state index in [0.29, 0.717) is 11.9 Å². The number of anilines is 1. The molecular formula is C11H16N6O. The predicted molar refractivity (Wildman–Crippen MR) is 66.3 cm³/mol. The molecule has 2 aromatic heterocycles. The molecule has 1 unspecified atom stereocenters. The number of piperazine rings is 1. The van der Waals surface area contributed by atoms with E-state index in [1.807, 2.05) is 6.92 Å². The highest BCUT2D eigenvalue weighted by Gasteiger charge is 2.20. The summed E-state index contributed by atoms with van der Waals surface area (Å²) in [6.07, 6.45) is 1.65. The van der Waals surface area contributed by atoms with Crippen molar-refractivity contribution < 1.29 is 4.52 Å². The highest BCUT2D eigenvalue weighted by molar-refractivity contribution is 5.57. The van der Waals surface area contributed by atoms with Crippen molar-refractivity contribution in [2.45, 2.75) is 19.9 Å². The maximum Gasteiger partial charge on any atom is 0.245 e. The smallest absolute Gasteiger partial charge is 0.245 e.